The Kier molecular flexibility index (Phi) is 4.71. The molecule has 1 amide bonds. The lowest BCUT2D eigenvalue weighted by atomic mass is 10.2. The lowest BCUT2D eigenvalue weighted by Crippen LogP contribution is -2.47. The Morgan fingerprint density at radius 3 is 2.58 bits per heavy atom. The normalized spacial score (nSPS) is 16.3. The van der Waals surface area contributed by atoms with Crippen molar-refractivity contribution in [3.63, 3.8) is 0 Å². The number of amides is 1. The first kappa shape index (κ1) is 17.1. The molecule has 0 radical (unpaired) electrons. The molecule has 0 unspecified atom stereocenters. The van der Waals surface area contributed by atoms with E-state index in [2.05, 4.69) is 21.9 Å². The van der Waals surface area contributed by atoms with Gasteiger partial charge < -0.3 is 19.7 Å². The minimum atomic E-state index is -0.164. The maximum Gasteiger partial charge on any atom is 0.264 e. The van der Waals surface area contributed by atoms with Crippen molar-refractivity contribution in [1.29, 1.82) is 0 Å². The van der Waals surface area contributed by atoms with Crippen LogP contribution in [-0.2, 0) is 6.54 Å². The molecule has 1 aliphatic heterocycles. The topological polar surface area (TPSA) is 72.5 Å². The van der Waals surface area contributed by atoms with Crippen molar-refractivity contribution in [2.45, 2.75) is 13.5 Å². The van der Waals surface area contributed by atoms with Crippen LogP contribution in [0.5, 0.6) is 0 Å². The van der Waals surface area contributed by atoms with Crippen molar-refractivity contribution in [2.75, 3.05) is 47.3 Å². The molecule has 0 spiro atoms. The predicted octanol–water partition coefficient (Wildman–Crippen LogP) is 0.742. The molecule has 0 saturated carbocycles. The van der Waals surface area contributed by atoms with Crippen molar-refractivity contribution in [1.82, 2.24) is 24.7 Å². The number of aromatic nitrogens is 2. The highest BCUT2D eigenvalue weighted by atomic mass is 32.1. The average Bonchev–Trinajstić information content (AvgIpc) is 2.84. The van der Waals surface area contributed by atoms with Gasteiger partial charge in [0.25, 0.3) is 11.5 Å². The molecule has 1 saturated heterocycles. The van der Waals surface area contributed by atoms with E-state index in [1.807, 2.05) is 30.8 Å². The number of hydrogen-bond donors (Lipinski definition) is 1. The number of piperazine rings is 1. The molecule has 2 aromatic heterocycles. The number of nitrogens with zero attached hydrogens (tertiary/aromatic N) is 4. The van der Waals surface area contributed by atoms with E-state index in [0.29, 0.717) is 27.5 Å². The van der Waals surface area contributed by atoms with Gasteiger partial charge in [0.1, 0.15) is 10.7 Å². The summed E-state index contributed by atoms with van der Waals surface area (Å²) in [6, 6.07) is 0. The molecule has 0 atom stereocenters. The van der Waals surface area contributed by atoms with Crippen molar-refractivity contribution >= 4 is 27.5 Å². The zero-order valence-electron chi connectivity index (χ0n) is 14.5. The smallest absolute Gasteiger partial charge is 0.264 e. The van der Waals surface area contributed by atoms with Gasteiger partial charge in [-0.25, -0.2) is 4.98 Å². The maximum absolute atomic E-state index is 12.8. The van der Waals surface area contributed by atoms with Crippen LogP contribution in [0.3, 0.4) is 0 Å². The molecule has 24 heavy (non-hydrogen) atoms. The van der Waals surface area contributed by atoms with Gasteiger partial charge in [0.05, 0.1) is 16.8 Å². The second kappa shape index (κ2) is 6.62. The van der Waals surface area contributed by atoms with E-state index in [4.69, 9.17) is 0 Å². The third-order valence-electron chi connectivity index (χ3n) is 4.30. The van der Waals surface area contributed by atoms with Crippen LogP contribution in [0.2, 0.25) is 0 Å². The van der Waals surface area contributed by atoms with Crippen molar-refractivity contribution in [3.8, 4) is 0 Å². The van der Waals surface area contributed by atoms with Gasteiger partial charge in [0.15, 0.2) is 0 Å². The molecule has 0 aromatic carbocycles. The molecule has 130 valence electrons. The number of fused-ring (bicyclic) bond motifs is 1. The fraction of sp³-hybridized carbons (Fsp3) is 0.562. The molecule has 1 aliphatic rings. The predicted molar refractivity (Wildman–Crippen MR) is 95.8 cm³/mol. The monoisotopic (exact) mass is 349 g/mol. The molecule has 3 rings (SSSR count). The molecule has 3 heterocycles. The lowest BCUT2D eigenvalue weighted by Gasteiger charge is -2.32. The van der Waals surface area contributed by atoms with Crippen LogP contribution in [0.25, 0.3) is 10.2 Å². The number of H-pyrrole nitrogens is 1. The van der Waals surface area contributed by atoms with Crippen molar-refractivity contribution in [3.05, 3.63) is 26.6 Å². The van der Waals surface area contributed by atoms with E-state index in [-0.39, 0.29) is 11.5 Å². The quantitative estimate of drug-likeness (QED) is 0.885. The molecule has 0 aliphatic carbocycles. The van der Waals surface area contributed by atoms with E-state index >= 15 is 0 Å². The number of nitrogens with one attached hydrogen (secondary N) is 1. The molecule has 0 bridgehead atoms. The number of rotatable bonds is 3. The van der Waals surface area contributed by atoms with Gasteiger partial charge in [-0.1, -0.05) is 0 Å². The van der Waals surface area contributed by atoms with E-state index in [1.54, 1.807) is 0 Å². The van der Waals surface area contributed by atoms with E-state index in [1.165, 1.54) is 11.3 Å². The van der Waals surface area contributed by atoms with Crippen LogP contribution in [0.15, 0.2) is 4.79 Å². The first-order valence-corrected chi connectivity index (χ1v) is 8.83. The Hall–Kier alpha value is -1.77. The van der Waals surface area contributed by atoms with Crippen LogP contribution >= 0.6 is 11.3 Å². The first-order valence-electron chi connectivity index (χ1n) is 8.01. The van der Waals surface area contributed by atoms with Crippen molar-refractivity contribution < 1.29 is 4.79 Å². The fourth-order valence-corrected chi connectivity index (χ4v) is 4.09. The van der Waals surface area contributed by atoms with Crippen LogP contribution in [-0.4, -0.2) is 77.9 Å². The molecular formula is C16H23N5O2S. The maximum atomic E-state index is 12.8. The lowest BCUT2D eigenvalue weighted by molar-refractivity contribution is 0.0668. The van der Waals surface area contributed by atoms with E-state index in [9.17, 15) is 9.59 Å². The van der Waals surface area contributed by atoms with Gasteiger partial charge in [0, 0.05) is 26.2 Å². The standard InChI is InChI=1S/C16H23N5O2S/c1-10-12-14(22)17-11(9-19(2)3)18-15(12)24-13(10)16(23)21-7-5-20(4)6-8-21/h5-9H2,1-4H3,(H,17,18,22). The summed E-state index contributed by atoms with van der Waals surface area (Å²) in [6.45, 7) is 5.59. The summed E-state index contributed by atoms with van der Waals surface area (Å²) in [7, 11) is 5.90. The van der Waals surface area contributed by atoms with Gasteiger partial charge in [-0.05, 0) is 33.6 Å². The number of aryl methyl sites for hydroxylation is 1. The second-order valence-electron chi connectivity index (χ2n) is 6.58. The third kappa shape index (κ3) is 3.22. The Morgan fingerprint density at radius 1 is 1.29 bits per heavy atom. The van der Waals surface area contributed by atoms with Gasteiger partial charge in [0.2, 0.25) is 0 Å². The summed E-state index contributed by atoms with van der Waals surface area (Å²) >= 11 is 1.33. The molecular weight excluding hydrogens is 326 g/mol. The number of aromatic amines is 1. The Labute approximate surface area is 144 Å². The second-order valence-corrected chi connectivity index (χ2v) is 7.58. The summed E-state index contributed by atoms with van der Waals surface area (Å²) in [5.41, 5.74) is 0.576. The highest BCUT2D eigenvalue weighted by Crippen LogP contribution is 2.28. The number of thiophene rings is 1. The zero-order valence-corrected chi connectivity index (χ0v) is 15.4. The number of hydrogen-bond acceptors (Lipinski definition) is 6. The molecule has 8 heteroatoms. The SMILES string of the molecule is Cc1c(C(=O)N2CCN(C)CC2)sc2nc(CN(C)C)[nH]c(=O)c12. The average molecular weight is 349 g/mol. The molecule has 2 aromatic rings. The van der Waals surface area contributed by atoms with E-state index < -0.39 is 0 Å². The number of carbonyl (C=O) groups is 1. The summed E-state index contributed by atoms with van der Waals surface area (Å²) in [5, 5.41) is 0.542. The Balaban J connectivity index is 1.97. The van der Waals surface area contributed by atoms with Crippen LogP contribution < -0.4 is 5.56 Å². The summed E-state index contributed by atoms with van der Waals surface area (Å²) < 4.78 is 0. The zero-order chi connectivity index (χ0) is 17.4. The largest absolute Gasteiger partial charge is 0.335 e. The number of carbonyl (C=O) groups excluding carboxylic acids is 1. The van der Waals surface area contributed by atoms with Crippen LogP contribution in [0, 0.1) is 6.92 Å². The summed E-state index contributed by atoms with van der Waals surface area (Å²) in [4.78, 5) is 39.9. The molecule has 7 nitrogen and oxygen atoms in total. The summed E-state index contributed by atoms with van der Waals surface area (Å²) in [5.74, 6) is 0.634. The fourth-order valence-electron chi connectivity index (χ4n) is 2.92. The first-order chi connectivity index (χ1) is 11.4. The minimum Gasteiger partial charge on any atom is -0.335 e. The Bertz CT molecular complexity index is 818. The van der Waals surface area contributed by atoms with Gasteiger partial charge in [-0.3, -0.25) is 9.59 Å². The van der Waals surface area contributed by atoms with Gasteiger partial charge >= 0.3 is 0 Å². The highest BCUT2D eigenvalue weighted by molar-refractivity contribution is 7.20. The third-order valence-corrected chi connectivity index (χ3v) is 5.47. The summed E-state index contributed by atoms with van der Waals surface area (Å²) in [6.07, 6.45) is 0. The van der Waals surface area contributed by atoms with Gasteiger partial charge in [-0.15, -0.1) is 11.3 Å². The molecule has 1 fully saturated rings. The molecule has 1 N–H and O–H groups in total. The highest BCUT2D eigenvalue weighted by Gasteiger charge is 2.25. The Morgan fingerprint density at radius 2 is 1.96 bits per heavy atom. The van der Waals surface area contributed by atoms with E-state index in [0.717, 1.165) is 31.7 Å². The van der Waals surface area contributed by atoms with Crippen LogP contribution in [0.4, 0.5) is 0 Å². The van der Waals surface area contributed by atoms with Crippen molar-refractivity contribution in [2.24, 2.45) is 0 Å². The number of likely N-dealkylation sites (N-methyl/N-ethyl adjacent to an activating group) is 1. The van der Waals surface area contributed by atoms with Gasteiger partial charge in [-0.2, -0.15) is 0 Å². The minimum absolute atomic E-state index is 0.0113. The van der Waals surface area contributed by atoms with Crippen LogP contribution in [0.1, 0.15) is 21.1 Å².